The molecule has 1 aliphatic heterocycles. The highest BCUT2D eigenvalue weighted by Gasteiger charge is 2.37. The van der Waals surface area contributed by atoms with Crippen molar-refractivity contribution in [3.05, 3.63) is 59.2 Å². The third kappa shape index (κ3) is 3.76. The Kier molecular flexibility index (Phi) is 5.12. The Hall–Kier alpha value is -3.35. The van der Waals surface area contributed by atoms with Gasteiger partial charge in [-0.15, -0.1) is 0 Å². The summed E-state index contributed by atoms with van der Waals surface area (Å²) in [5, 5.41) is 5.43. The molecule has 0 fully saturated rings. The predicted octanol–water partition coefficient (Wildman–Crippen LogP) is 3.02. The van der Waals surface area contributed by atoms with Crippen molar-refractivity contribution in [2.75, 3.05) is 12.4 Å². The maximum Gasteiger partial charge on any atom is 0.319 e. The maximum absolute atomic E-state index is 12.4. The van der Waals surface area contributed by atoms with Gasteiger partial charge >= 0.3 is 6.03 Å². The lowest BCUT2D eigenvalue weighted by Crippen LogP contribution is -2.35. The monoisotopic (exact) mass is 367 g/mol. The first-order chi connectivity index (χ1) is 12.9. The molecule has 0 atom stereocenters. The number of nitrogens with one attached hydrogen (secondary N) is 2. The molecule has 0 saturated heterocycles. The predicted molar refractivity (Wildman–Crippen MR) is 101 cm³/mol. The molecule has 27 heavy (non-hydrogen) atoms. The number of carbonyl (C=O) groups is 3. The van der Waals surface area contributed by atoms with Crippen molar-refractivity contribution >= 4 is 23.5 Å². The first-order valence-corrected chi connectivity index (χ1v) is 8.60. The van der Waals surface area contributed by atoms with Crippen LogP contribution in [0.1, 0.15) is 40.1 Å². The highest BCUT2D eigenvalue weighted by atomic mass is 16.5. The number of imide groups is 1. The Labute approximate surface area is 157 Å². The SMILES string of the molecule is COc1cccc(CNC(=O)Nc2ccc3c(c2)C(=O)N(C(C)C)C3=O)c1. The van der Waals surface area contributed by atoms with E-state index in [0.29, 0.717) is 29.1 Å². The van der Waals surface area contributed by atoms with Crippen molar-refractivity contribution in [1.29, 1.82) is 0 Å². The van der Waals surface area contributed by atoms with Gasteiger partial charge in [0.05, 0.1) is 18.2 Å². The zero-order valence-corrected chi connectivity index (χ0v) is 15.4. The molecule has 7 heteroatoms. The standard InChI is InChI=1S/C20H21N3O4/c1-12(2)23-18(24)16-8-7-14(10-17(16)19(23)25)22-20(26)21-11-13-5-4-6-15(9-13)27-3/h4-10,12H,11H2,1-3H3,(H2,21,22,26). The van der Waals surface area contributed by atoms with Crippen LogP contribution >= 0.6 is 0 Å². The number of amides is 4. The number of fused-ring (bicyclic) bond motifs is 1. The average molecular weight is 367 g/mol. The summed E-state index contributed by atoms with van der Waals surface area (Å²) in [7, 11) is 1.58. The van der Waals surface area contributed by atoms with Crippen LogP contribution < -0.4 is 15.4 Å². The number of urea groups is 1. The molecule has 0 bridgehead atoms. The molecule has 7 nitrogen and oxygen atoms in total. The van der Waals surface area contributed by atoms with Gasteiger partial charge in [0.2, 0.25) is 0 Å². The number of anilines is 1. The molecular weight excluding hydrogens is 346 g/mol. The van der Waals surface area contributed by atoms with Crippen LogP contribution in [0.15, 0.2) is 42.5 Å². The molecule has 2 aromatic rings. The summed E-state index contributed by atoms with van der Waals surface area (Å²) in [5.41, 5.74) is 2.01. The average Bonchev–Trinajstić information content (AvgIpc) is 2.90. The van der Waals surface area contributed by atoms with Crippen LogP contribution in [0, 0.1) is 0 Å². The molecule has 2 aromatic carbocycles. The van der Waals surface area contributed by atoms with E-state index in [1.54, 1.807) is 33.1 Å². The molecule has 2 N–H and O–H groups in total. The molecule has 1 aliphatic rings. The molecule has 4 amide bonds. The van der Waals surface area contributed by atoms with Crippen molar-refractivity contribution in [1.82, 2.24) is 10.2 Å². The van der Waals surface area contributed by atoms with Gasteiger partial charge in [-0.3, -0.25) is 14.5 Å². The number of nitrogens with zero attached hydrogens (tertiary/aromatic N) is 1. The quantitative estimate of drug-likeness (QED) is 0.795. The number of methoxy groups -OCH3 is 1. The lowest BCUT2D eigenvalue weighted by atomic mass is 10.1. The van der Waals surface area contributed by atoms with Crippen LogP contribution in [0.2, 0.25) is 0 Å². The molecule has 0 radical (unpaired) electrons. The first kappa shape index (κ1) is 18.4. The number of hydrogen-bond acceptors (Lipinski definition) is 4. The zero-order chi connectivity index (χ0) is 19.6. The van der Waals surface area contributed by atoms with Crippen molar-refractivity contribution in [3.8, 4) is 5.75 Å². The molecule has 0 aliphatic carbocycles. The second kappa shape index (κ2) is 7.49. The van der Waals surface area contributed by atoms with E-state index in [2.05, 4.69) is 10.6 Å². The fourth-order valence-electron chi connectivity index (χ4n) is 2.95. The summed E-state index contributed by atoms with van der Waals surface area (Å²) in [4.78, 5) is 38.1. The molecule has 140 valence electrons. The number of hydrogen-bond donors (Lipinski definition) is 2. The molecular formula is C20H21N3O4. The highest BCUT2D eigenvalue weighted by Crippen LogP contribution is 2.27. The Morgan fingerprint density at radius 1 is 1.07 bits per heavy atom. The van der Waals surface area contributed by atoms with Crippen LogP contribution in [0.5, 0.6) is 5.75 Å². The Morgan fingerprint density at radius 3 is 2.52 bits per heavy atom. The van der Waals surface area contributed by atoms with Gasteiger partial charge in [0.25, 0.3) is 11.8 Å². The summed E-state index contributed by atoms with van der Waals surface area (Å²) < 4.78 is 5.15. The fraction of sp³-hybridized carbons (Fsp3) is 0.250. The second-order valence-electron chi connectivity index (χ2n) is 6.49. The third-order valence-corrected chi connectivity index (χ3v) is 4.28. The van der Waals surface area contributed by atoms with Gasteiger partial charge in [0.1, 0.15) is 5.75 Å². The first-order valence-electron chi connectivity index (χ1n) is 8.60. The highest BCUT2D eigenvalue weighted by molar-refractivity contribution is 6.22. The van der Waals surface area contributed by atoms with Gasteiger partial charge in [-0.25, -0.2) is 4.79 Å². The van der Waals surface area contributed by atoms with Crippen molar-refractivity contribution in [3.63, 3.8) is 0 Å². The molecule has 0 saturated carbocycles. The summed E-state index contributed by atoms with van der Waals surface area (Å²) in [5.74, 6) is 0.0654. The Bertz CT molecular complexity index is 908. The number of ether oxygens (including phenoxy) is 1. The van der Waals surface area contributed by atoms with E-state index in [4.69, 9.17) is 4.74 Å². The van der Waals surface area contributed by atoms with Gasteiger partial charge in [-0.1, -0.05) is 12.1 Å². The third-order valence-electron chi connectivity index (χ3n) is 4.28. The number of carbonyl (C=O) groups excluding carboxylic acids is 3. The lowest BCUT2D eigenvalue weighted by molar-refractivity contribution is 0.0609. The summed E-state index contributed by atoms with van der Waals surface area (Å²) >= 11 is 0. The summed E-state index contributed by atoms with van der Waals surface area (Å²) in [6, 6.07) is 11.5. The van der Waals surface area contributed by atoms with Gasteiger partial charge in [0.15, 0.2) is 0 Å². The molecule has 0 unspecified atom stereocenters. The minimum atomic E-state index is -0.407. The smallest absolute Gasteiger partial charge is 0.319 e. The molecule has 3 rings (SSSR count). The van der Waals surface area contributed by atoms with Crippen molar-refractivity contribution in [2.45, 2.75) is 26.4 Å². The maximum atomic E-state index is 12.4. The summed E-state index contributed by atoms with van der Waals surface area (Å²) in [6.45, 7) is 3.90. The van der Waals surface area contributed by atoms with Crippen LogP contribution in [0.4, 0.5) is 10.5 Å². The van der Waals surface area contributed by atoms with E-state index >= 15 is 0 Å². The zero-order valence-electron chi connectivity index (χ0n) is 15.4. The topological polar surface area (TPSA) is 87.7 Å². The number of rotatable bonds is 5. The van der Waals surface area contributed by atoms with Crippen LogP contribution in [0.3, 0.4) is 0 Å². The lowest BCUT2D eigenvalue weighted by Gasteiger charge is -2.17. The van der Waals surface area contributed by atoms with Crippen LogP contribution in [-0.2, 0) is 6.54 Å². The van der Waals surface area contributed by atoms with E-state index < -0.39 is 6.03 Å². The normalized spacial score (nSPS) is 13.0. The van der Waals surface area contributed by atoms with Gasteiger partial charge in [0, 0.05) is 18.3 Å². The number of benzene rings is 2. The molecule has 0 aromatic heterocycles. The Morgan fingerprint density at radius 2 is 1.81 bits per heavy atom. The van der Waals surface area contributed by atoms with Gasteiger partial charge < -0.3 is 15.4 Å². The molecule has 1 heterocycles. The Balaban J connectivity index is 1.66. The minimum Gasteiger partial charge on any atom is -0.497 e. The van der Waals surface area contributed by atoms with E-state index in [9.17, 15) is 14.4 Å². The summed E-state index contributed by atoms with van der Waals surface area (Å²) in [6.07, 6.45) is 0. The van der Waals surface area contributed by atoms with Crippen molar-refractivity contribution in [2.24, 2.45) is 0 Å². The van der Waals surface area contributed by atoms with Gasteiger partial charge in [-0.2, -0.15) is 0 Å². The molecule has 0 spiro atoms. The van der Waals surface area contributed by atoms with E-state index in [1.165, 1.54) is 11.0 Å². The van der Waals surface area contributed by atoms with E-state index in [1.807, 2.05) is 24.3 Å². The van der Waals surface area contributed by atoms with E-state index in [-0.39, 0.29) is 17.9 Å². The second-order valence-corrected chi connectivity index (χ2v) is 6.49. The fourth-order valence-corrected chi connectivity index (χ4v) is 2.95. The van der Waals surface area contributed by atoms with Crippen molar-refractivity contribution < 1.29 is 19.1 Å². The van der Waals surface area contributed by atoms with Crippen LogP contribution in [-0.4, -0.2) is 35.9 Å². The largest absolute Gasteiger partial charge is 0.497 e. The van der Waals surface area contributed by atoms with E-state index in [0.717, 1.165) is 5.56 Å². The van der Waals surface area contributed by atoms with Crippen LogP contribution in [0.25, 0.3) is 0 Å². The van der Waals surface area contributed by atoms with Gasteiger partial charge in [-0.05, 0) is 49.7 Å². The minimum absolute atomic E-state index is 0.222.